The normalized spacial score (nSPS) is 10.2. The molecule has 0 saturated heterocycles. The highest BCUT2D eigenvalue weighted by atomic mass is 32.1. The Labute approximate surface area is 173 Å². The largest absolute Gasteiger partial charge is 0.497 e. The van der Waals surface area contributed by atoms with Crippen molar-refractivity contribution in [2.24, 2.45) is 0 Å². The molecule has 0 N–H and O–H groups in total. The second-order valence-electron chi connectivity index (χ2n) is 7.12. The molecule has 0 aliphatic rings. The van der Waals surface area contributed by atoms with Crippen molar-refractivity contribution < 1.29 is 4.74 Å². The third-order valence-electron chi connectivity index (χ3n) is 4.73. The molecular formula is C25H38OS. The van der Waals surface area contributed by atoms with Crippen LogP contribution in [0.4, 0.5) is 0 Å². The predicted molar refractivity (Wildman–Crippen MR) is 122 cm³/mol. The van der Waals surface area contributed by atoms with Crippen molar-refractivity contribution >= 4 is 12.6 Å². The molecule has 0 aliphatic heterocycles. The molecule has 0 heterocycles. The lowest BCUT2D eigenvalue weighted by Gasteiger charge is -2.03. The maximum atomic E-state index is 4.94. The van der Waals surface area contributed by atoms with Crippen LogP contribution in [0.1, 0.15) is 76.7 Å². The summed E-state index contributed by atoms with van der Waals surface area (Å²) in [4.78, 5) is 0.954. The predicted octanol–water partition coefficient (Wildman–Crippen LogP) is 8.13. The molecule has 2 heteroatoms. The molecule has 0 bridgehead atoms. The van der Waals surface area contributed by atoms with Gasteiger partial charge in [0.15, 0.2) is 0 Å². The summed E-state index contributed by atoms with van der Waals surface area (Å²) < 4.78 is 4.94. The van der Waals surface area contributed by atoms with E-state index in [2.05, 4.69) is 49.9 Å². The molecule has 27 heavy (non-hydrogen) atoms. The van der Waals surface area contributed by atoms with Gasteiger partial charge in [-0.2, -0.15) is 0 Å². The van der Waals surface area contributed by atoms with Gasteiger partial charge in [-0.3, -0.25) is 0 Å². The Kier molecular flexibility index (Phi) is 14.7. The van der Waals surface area contributed by atoms with E-state index in [0.29, 0.717) is 0 Å². The van der Waals surface area contributed by atoms with Crippen LogP contribution in [0.5, 0.6) is 5.75 Å². The molecule has 0 radical (unpaired) electrons. The fraction of sp³-hybridized carbons (Fsp3) is 0.520. The minimum atomic E-state index is 0.868. The number of thiol groups is 1. The minimum absolute atomic E-state index is 0.868. The van der Waals surface area contributed by atoms with Crippen molar-refractivity contribution in [3.05, 3.63) is 60.2 Å². The van der Waals surface area contributed by atoms with E-state index in [1.54, 1.807) is 7.11 Å². The van der Waals surface area contributed by atoms with E-state index in [-0.39, 0.29) is 0 Å². The molecule has 0 unspecified atom stereocenters. The maximum Gasteiger partial charge on any atom is 0.118 e. The van der Waals surface area contributed by atoms with E-state index in [1.807, 2.05) is 24.3 Å². The maximum absolute atomic E-state index is 4.94. The Morgan fingerprint density at radius 2 is 1.19 bits per heavy atom. The van der Waals surface area contributed by atoms with Crippen molar-refractivity contribution in [2.75, 3.05) is 7.11 Å². The number of hydrogen-bond donors (Lipinski definition) is 1. The van der Waals surface area contributed by atoms with Gasteiger partial charge in [0.05, 0.1) is 7.11 Å². The molecular weight excluding hydrogens is 348 g/mol. The van der Waals surface area contributed by atoms with Gasteiger partial charge in [-0.15, -0.1) is 12.6 Å². The average molecular weight is 387 g/mol. The van der Waals surface area contributed by atoms with E-state index in [4.69, 9.17) is 4.74 Å². The molecule has 2 aromatic carbocycles. The number of ether oxygens (including phenoxy) is 1. The van der Waals surface area contributed by atoms with Crippen LogP contribution in [-0.2, 0) is 6.42 Å². The zero-order valence-corrected chi connectivity index (χ0v) is 18.2. The van der Waals surface area contributed by atoms with Crippen molar-refractivity contribution in [1.82, 2.24) is 0 Å². The molecule has 0 atom stereocenters. The summed E-state index contributed by atoms with van der Waals surface area (Å²) in [6, 6.07) is 18.4. The zero-order chi connectivity index (χ0) is 19.6. The van der Waals surface area contributed by atoms with Crippen LogP contribution in [0.2, 0.25) is 0 Å². The number of methoxy groups -OCH3 is 1. The Hall–Kier alpha value is -1.41. The quantitative estimate of drug-likeness (QED) is 0.286. The molecule has 2 aromatic rings. The highest BCUT2D eigenvalue weighted by Gasteiger charge is 1.94. The molecule has 1 nitrogen and oxygen atoms in total. The van der Waals surface area contributed by atoms with Crippen LogP contribution in [0.3, 0.4) is 0 Å². The second-order valence-corrected chi connectivity index (χ2v) is 7.63. The first kappa shape index (κ1) is 23.6. The van der Waals surface area contributed by atoms with E-state index < -0.39 is 0 Å². The standard InChI is InChI=1S/C18H30.C7H8OS/c1-2-3-4-5-6-7-8-9-10-12-15-18-16-13-11-14-17-18;1-8-6-2-4-7(9)5-3-6/h11,13-14,16-17H,2-10,12,15H2,1H3;2-5,9H,1H3. The van der Waals surface area contributed by atoms with Gasteiger partial charge >= 0.3 is 0 Å². The number of aryl methyl sites for hydroxylation is 1. The van der Waals surface area contributed by atoms with E-state index in [1.165, 1.54) is 76.2 Å². The number of hydrogen-bond acceptors (Lipinski definition) is 2. The van der Waals surface area contributed by atoms with Crippen LogP contribution < -0.4 is 4.74 Å². The van der Waals surface area contributed by atoms with Crippen molar-refractivity contribution in [3.63, 3.8) is 0 Å². The summed E-state index contributed by atoms with van der Waals surface area (Å²) in [6.45, 7) is 2.28. The summed E-state index contributed by atoms with van der Waals surface area (Å²) in [5.74, 6) is 0.868. The first-order chi connectivity index (χ1) is 13.3. The topological polar surface area (TPSA) is 9.23 Å². The SMILES string of the molecule is CCCCCCCCCCCCc1ccccc1.COc1ccc(S)cc1. The lowest BCUT2D eigenvalue weighted by molar-refractivity contribution is 0.414. The molecule has 0 aromatic heterocycles. The fourth-order valence-corrected chi connectivity index (χ4v) is 3.19. The molecule has 0 aliphatic carbocycles. The highest BCUT2D eigenvalue weighted by Crippen LogP contribution is 2.13. The summed E-state index contributed by atoms with van der Waals surface area (Å²) in [7, 11) is 1.65. The Morgan fingerprint density at radius 3 is 1.70 bits per heavy atom. The summed E-state index contributed by atoms with van der Waals surface area (Å²) in [5.41, 5.74) is 1.50. The van der Waals surface area contributed by atoms with Crippen molar-refractivity contribution in [2.45, 2.75) is 82.4 Å². The Bertz CT molecular complexity index is 550. The lowest BCUT2D eigenvalue weighted by atomic mass is 10.0. The molecule has 0 amide bonds. The van der Waals surface area contributed by atoms with Gasteiger partial charge in [-0.05, 0) is 42.7 Å². The van der Waals surface area contributed by atoms with Gasteiger partial charge in [0.1, 0.15) is 5.75 Å². The third-order valence-corrected chi connectivity index (χ3v) is 5.03. The van der Waals surface area contributed by atoms with Gasteiger partial charge in [0.2, 0.25) is 0 Å². The van der Waals surface area contributed by atoms with Crippen molar-refractivity contribution in [1.29, 1.82) is 0 Å². The van der Waals surface area contributed by atoms with E-state index in [0.717, 1.165) is 10.6 Å². The van der Waals surface area contributed by atoms with Gasteiger partial charge in [-0.1, -0.05) is 95.0 Å². The third kappa shape index (κ3) is 13.4. The first-order valence-electron chi connectivity index (χ1n) is 10.6. The van der Waals surface area contributed by atoms with Gasteiger partial charge in [0.25, 0.3) is 0 Å². The lowest BCUT2D eigenvalue weighted by Crippen LogP contribution is -1.86. The Morgan fingerprint density at radius 1 is 0.667 bits per heavy atom. The molecule has 150 valence electrons. The second kappa shape index (κ2) is 16.7. The summed E-state index contributed by atoms with van der Waals surface area (Å²) in [5, 5.41) is 0. The number of rotatable bonds is 12. The van der Waals surface area contributed by atoms with E-state index in [9.17, 15) is 0 Å². The van der Waals surface area contributed by atoms with Crippen LogP contribution in [0.25, 0.3) is 0 Å². The number of benzene rings is 2. The Balaban J connectivity index is 0.000000337. The fourth-order valence-electron chi connectivity index (χ4n) is 3.04. The van der Waals surface area contributed by atoms with Crippen LogP contribution in [0, 0.1) is 0 Å². The van der Waals surface area contributed by atoms with Crippen molar-refractivity contribution in [3.8, 4) is 5.75 Å². The number of unbranched alkanes of at least 4 members (excludes halogenated alkanes) is 9. The first-order valence-corrected chi connectivity index (χ1v) is 11.1. The molecule has 0 fully saturated rings. The van der Waals surface area contributed by atoms with Crippen LogP contribution in [0.15, 0.2) is 59.5 Å². The summed E-state index contributed by atoms with van der Waals surface area (Å²) >= 11 is 4.11. The van der Waals surface area contributed by atoms with E-state index >= 15 is 0 Å². The van der Waals surface area contributed by atoms with Crippen LogP contribution in [-0.4, -0.2) is 7.11 Å². The van der Waals surface area contributed by atoms with Gasteiger partial charge in [0, 0.05) is 4.90 Å². The average Bonchev–Trinajstić information content (AvgIpc) is 2.71. The van der Waals surface area contributed by atoms with Crippen LogP contribution >= 0.6 is 12.6 Å². The smallest absolute Gasteiger partial charge is 0.118 e. The molecule has 0 spiro atoms. The van der Waals surface area contributed by atoms with Gasteiger partial charge < -0.3 is 4.74 Å². The summed E-state index contributed by atoms with van der Waals surface area (Å²) in [6.07, 6.45) is 15.5. The molecule has 0 saturated carbocycles. The highest BCUT2D eigenvalue weighted by molar-refractivity contribution is 7.80. The monoisotopic (exact) mass is 386 g/mol. The zero-order valence-electron chi connectivity index (χ0n) is 17.3. The van der Waals surface area contributed by atoms with Gasteiger partial charge in [-0.25, -0.2) is 0 Å². The molecule has 2 rings (SSSR count). The minimum Gasteiger partial charge on any atom is -0.497 e.